The van der Waals surface area contributed by atoms with Crippen LogP contribution in [0.3, 0.4) is 0 Å². The molecule has 2 N–H and O–H groups in total. The summed E-state index contributed by atoms with van der Waals surface area (Å²) in [5, 5.41) is 0. The monoisotopic (exact) mass is 117 g/mol. The van der Waals surface area contributed by atoms with Crippen LogP contribution in [0.5, 0.6) is 0 Å². The van der Waals surface area contributed by atoms with E-state index in [4.69, 9.17) is 5.73 Å². The van der Waals surface area contributed by atoms with Gasteiger partial charge in [-0.2, -0.15) is 0 Å². The second-order valence-electron chi connectivity index (χ2n) is 1.40. The van der Waals surface area contributed by atoms with E-state index in [1.54, 1.807) is 0 Å². The molecule has 0 aliphatic carbocycles. The maximum absolute atomic E-state index is 5.20. The van der Waals surface area contributed by atoms with Crippen molar-refractivity contribution < 1.29 is 9.78 Å². The fourth-order valence-corrected chi connectivity index (χ4v) is 0.256. The molecular formula is C5H11NO2. The zero-order valence-electron chi connectivity index (χ0n) is 5.02. The van der Waals surface area contributed by atoms with E-state index in [2.05, 4.69) is 16.4 Å². The van der Waals surface area contributed by atoms with Crippen LogP contribution in [0.25, 0.3) is 0 Å². The van der Waals surface area contributed by atoms with Crippen LogP contribution in [0.15, 0.2) is 12.3 Å². The summed E-state index contributed by atoms with van der Waals surface area (Å²) in [5.41, 5.74) is 5.82. The number of hydrogen-bond acceptors (Lipinski definition) is 3. The molecule has 0 unspecified atom stereocenters. The number of nitrogens with two attached hydrogens (primary N) is 1. The van der Waals surface area contributed by atoms with Gasteiger partial charge in [0, 0.05) is 12.1 Å². The van der Waals surface area contributed by atoms with Crippen molar-refractivity contribution in [2.45, 2.75) is 6.42 Å². The van der Waals surface area contributed by atoms with Crippen LogP contribution in [0.1, 0.15) is 6.42 Å². The van der Waals surface area contributed by atoms with E-state index in [-0.39, 0.29) is 0 Å². The molecule has 0 atom stereocenters. The largest absolute Gasteiger partial charge is 0.402 e. The molecule has 0 fully saturated rings. The van der Waals surface area contributed by atoms with E-state index in [0.717, 1.165) is 0 Å². The zero-order valence-corrected chi connectivity index (χ0v) is 5.02. The summed E-state index contributed by atoms with van der Waals surface area (Å²) in [6.45, 7) is 3.95. The van der Waals surface area contributed by atoms with Crippen LogP contribution in [0.2, 0.25) is 0 Å². The molecule has 0 spiro atoms. The second kappa shape index (κ2) is 4.61. The summed E-state index contributed by atoms with van der Waals surface area (Å²) in [7, 11) is 1.46. The lowest BCUT2D eigenvalue weighted by molar-refractivity contribution is -0.271. The Morgan fingerprint density at radius 1 is 1.75 bits per heavy atom. The maximum Gasteiger partial charge on any atom is 0.0876 e. The van der Waals surface area contributed by atoms with Crippen molar-refractivity contribution >= 4 is 0 Å². The minimum Gasteiger partial charge on any atom is -0.402 e. The van der Waals surface area contributed by atoms with E-state index in [0.29, 0.717) is 18.7 Å². The van der Waals surface area contributed by atoms with E-state index in [1.165, 1.54) is 7.11 Å². The first-order chi connectivity index (χ1) is 3.77. The van der Waals surface area contributed by atoms with Gasteiger partial charge in [0.05, 0.1) is 13.7 Å². The molecule has 48 valence electrons. The molecule has 0 aromatic rings. The van der Waals surface area contributed by atoms with Crippen molar-refractivity contribution in [3.8, 4) is 0 Å². The molecule has 0 rings (SSSR count). The first-order valence-electron chi connectivity index (χ1n) is 2.36. The Bertz CT molecular complexity index is 72.8. The Kier molecular flexibility index (Phi) is 4.30. The maximum atomic E-state index is 5.20. The Morgan fingerprint density at radius 2 is 2.38 bits per heavy atom. The predicted octanol–water partition coefficient (Wildman–Crippen LogP) is 0.427. The molecule has 0 saturated heterocycles. The van der Waals surface area contributed by atoms with Crippen LogP contribution < -0.4 is 5.73 Å². The lowest BCUT2D eigenvalue weighted by Gasteiger charge is -1.96. The normalized spacial score (nSPS) is 9.12. The molecule has 0 aromatic heterocycles. The molecule has 0 bridgehead atoms. The molecule has 0 saturated carbocycles. The Morgan fingerprint density at radius 3 is 2.75 bits per heavy atom. The summed E-state index contributed by atoms with van der Waals surface area (Å²) in [6, 6.07) is 0. The van der Waals surface area contributed by atoms with Crippen LogP contribution >= 0.6 is 0 Å². The molecule has 0 aliphatic heterocycles. The lowest BCUT2D eigenvalue weighted by Crippen LogP contribution is -2.00. The number of rotatable bonds is 4. The quantitative estimate of drug-likeness (QED) is 0.330. The average Bonchev–Trinajstić information content (AvgIpc) is 1.66. The van der Waals surface area contributed by atoms with Gasteiger partial charge in [-0.3, -0.25) is 0 Å². The Labute approximate surface area is 49.0 Å². The SMILES string of the molecule is C=C(N)CCOOC. The highest BCUT2D eigenvalue weighted by Crippen LogP contribution is 1.87. The topological polar surface area (TPSA) is 44.5 Å². The summed E-state index contributed by atoms with van der Waals surface area (Å²) >= 11 is 0. The Balaban J connectivity index is 2.82. The first kappa shape index (κ1) is 7.46. The van der Waals surface area contributed by atoms with Gasteiger partial charge in [0.15, 0.2) is 0 Å². The minimum absolute atomic E-state index is 0.478. The van der Waals surface area contributed by atoms with Gasteiger partial charge in [-0.1, -0.05) is 6.58 Å². The molecule has 0 aromatic carbocycles. The van der Waals surface area contributed by atoms with Gasteiger partial charge in [-0.15, -0.1) is 0 Å². The van der Waals surface area contributed by atoms with E-state index in [1.807, 2.05) is 0 Å². The van der Waals surface area contributed by atoms with Crippen molar-refractivity contribution in [2.24, 2.45) is 5.73 Å². The smallest absolute Gasteiger partial charge is 0.0876 e. The van der Waals surface area contributed by atoms with Gasteiger partial charge in [0.1, 0.15) is 0 Å². The third kappa shape index (κ3) is 5.46. The van der Waals surface area contributed by atoms with Crippen molar-refractivity contribution in [1.82, 2.24) is 0 Å². The molecule has 8 heavy (non-hydrogen) atoms. The molecule has 0 radical (unpaired) electrons. The van der Waals surface area contributed by atoms with Gasteiger partial charge >= 0.3 is 0 Å². The van der Waals surface area contributed by atoms with E-state index >= 15 is 0 Å². The highest BCUT2D eigenvalue weighted by atomic mass is 17.2. The highest BCUT2D eigenvalue weighted by Gasteiger charge is 1.85. The average molecular weight is 117 g/mol. The molecule has 0 aliphatic rings. The van der Waals surface area contributed by atoms with E-state index < -0.39 is 0 Å². The van der Waals surface area contributed by atoms with E-state index in [9.17, 15) is 0 Å². The summed E-state index contributed by atoms with van der Waals surface area (Å²) in [4.78, 5) is 8.80. The van der Waals surface area contributed by atoms with Gasteiger partial charge in [-0.05, 0) is 0 Å². The molecule has 3 heteroatoms. The van der Waals surface area contributed by atoms with Gasteiger partial charge in [-0.25, -0.2) is 9.78 Å². The van der Waals surface area contributed by atoms with Crippen molar-refractivity contribution in [3.63, 3.8) is 0 Å². The van der Waals surface area contributed by atoms with Crippen molar-refractivity contribution in [3.05, 3.63) is 12.3 Å². The van der Waals surface area contributed by atoms with Crippen LogP contribution in [-0.2, 0) is 9.78 Å². The Hall–Kier alpha value is -0.540. The fraction of sp³-hybridized carbons (Fsp3) is 0.600. The fourth-order valence-electron chi connectivity index (χ4n) is 0.256. The highest BCUT2D eigenvalue weighted by molar-refractivity contribution is 4.84. The lowest BCUT2D eigenvalue weighted by atomic mass is 10.4. The standard InChI is InChI=1S/C5H11NO2/c1-5(6)3-4-8-7-2/h1,3-4,6H2,2H3. The zero-order chi connectivity index (χ0) is 6.41. The molecule has 0 heterocycles. The third-order valence-corrected chi connectivity index (χ3v) is 0.624. The molecule has 3 nitrogen and oxygen atoms in total. The van der Waals surface area contributed by atoms with Gasteiger partial charge < -0.3 is 5.73 Å². The predicted molar refractivity (Wildman–Crippen MR) is 30.9 cm³/mol. The van der Waals surface area contributed by atoms with Crippen molar-refractivity contribution in [1.29, 1.82) is 0 Å². The van der Waals surface area contributed by atoms with Gasteiger partial charge in [0.2, 0.25) is 0 Å². The van der Waals surface area contributed by atoms with Gasteiger partial charge in [0.25, 0.3) is 0 Å². The third-order valence-electron chi connectivity index (χ3n) is 0.624. The van der Waals surface area contributed by atoms with Crippen molar-refractivity contribution in [2.75, 3.05) is 13.7 Å². The first-order valence-corrected chi connectivity index (χ1v) is 2.36. The van der Waals surface area contributed by atoms with Crippen LogP contribution in [0.4, 0.5) is 0 Å². The minimum atomic E-state index is 0.478. The molecule has 0 amide bonds. The summed E-state index contributed by atoms with van der Waals surface area (Å²) in [5.74, 6) is 0. The number of hydrogen-bond donors (Lipinski definition) is 1. The summed E-state index contributed by atoms with van der Waals surface area (Å²) in [6.07, 6.45) is 0.647. The van der Waals surface area contributed by atoms with Crippen LogP contribution in [0, 0.1) is 0 Å². The second-order valence-corrected chi connectivity index (χ2v) is 1.40. The summed E-state index contributed by atoms with van der Waals surface area (Å²) < 4.78 is 0. The molecular weight excluding hydrogens is 106 g/mol. The van der Waals surface area contributed by atoms with Crippen LogP contribution in [-0.4, -0.2) is 13.7 Å².